The van der Waals surface area contributed by atoms with E-state index in [0.29, 0.717) is 34.5 Å². The molecule has 4 heterocycles. The van der Waals surface area contributed by atoms with Crippen LogP contribution in [0.1, 0.15) is 22.6 Å². The molecule has 1 aromatic carbocycles. The number of aromatic nitrogens is 5. The number of ether oxygens (including phenoxy) is 1. The lowest BCUT2D eigenvalue weighted by atomic mass is 10.1. The topological polar surface area (TPSA) is 117 Å². The molecular formula is C28H31F3N10O. The third kappa shape index (κ3) is 8.01. The molecule has 1 aliphatic rings. The number of benzene rings is 1. The van der Waals surface area contributed by atoms with Gasteiger partial charge in [-0.3, -0.25) is 9.88 Å². The van der Waals surface area contributed by atoms with E-state index in [1.54, 1.807) is 35.9 Å². The van der Waals surface area contributed by atoms with E-state index < -0.39 is 11.7 Å². The van der Waals surface area contributed by atoms with Crippen LogP contribution in [0.3, 0.4) is 0 Å². The van der Waals surface area contributed by atoms with Gasteiger partial charge in [-0.05, 0) is 44.2 Å². The van der Waals surface area contributed by atoms with Crippen molar-refractivity contribution in [3.8, 4) is 5.69 Å². The summed E-state index contributed by atoms with van der Waals surface area (Å²) in [6, 6.07) is 9.01. The van der Waals surface area contributed by atoms with Crippen molar-refractivity contribution in [3.05, 3.63) is 77.8 Å². The van der Waals surface area contributed by atoms with Crippen molar-refractivity contribution in [1.29, 1.82) is 0 Å². The van der Waals surface area contributed by atoms with Crippen LogP contribution in [0.5, 0.6) is 0 Å². The average molecular weight is 581 g/mol. The van der Waals surface area contributed by atoms with Crippen LogP contribution in [-0.2, 0) is 10.9 Å². The third-order valence-corrected chi connectivity index (χ3v) is 6.38. The minimum Gasteiger partial charge on any atom is -0.379 e. The van der Waals surface area contributed by atoms with Crippen LogP contribution in [0.2, 0.25) is 0 Å². The molecule has 0 bridgehead atoms. The largest absolute Gasteiger partial charge is 0.416 e. The van der Waals surface area contributed by atoms with E-state index in [1.165, 1.54) is 18.7 Å². The maximum absolute atomic E-state index is 13.6. The summed E-state index contributed by atoms with van der Waals surface area (Å²) in [6.45, 7) is 8.65. The van der Waals surface area contributed by atoms with Crippen LogP contribution in [0.15, 0.2) is 60.2 Å². The standard InChI is InChI=1S/C28H31F3N10O/c1-19-11-26(32-5-6-40-7-9-42-10-8-40)38-27(36-19)39-35-16-22-3-4-23(15-33-22)37-24-12-21(28(29,30)31)13-25(14-24)41-17-20(2)34-18-41/h3-4,11-18,37H,5-10H2,1-2H3,(H2,32,36,38,39)/b35-16+. The smallest absolute Gasteiger partial charge is 0.379 e. The molecule has 0 atom stereocenters. The van der Waals surface area contributed by atoms with Crippen molar-refractivity contribution in [1.82, 2.24) is 29.4 Å². The molecule has 14 heteroatoms. The second-order valence-electron chi connectivity index (χ2n) is 9.75. The van der Waals surface area contributed by atoms with E-state index in [-0.39, 0.29) is 5.69 Å². The first-order valence-electron chi connectivity index (χ1n) is 13.4. The number of aryl methyl sites for hydroxylation is 2. The number of nitrogens with one attached hydrogen (secondary N) is 3. The van der Waals surface area contributed by atoms with Gasteiger partial charge in [-0.25, -0.2) is 15.4 Å². The molecule has 4 aromatic rings. The second kappa shape index (κ2) is 13.0. The van der Waals surface area contributed by atoms with E-state index in [1.807, 2.05) is 13.0 Å². The number of imidazole rings is 1. The lowest BCUT2D eigenvalue weighted by Crippen LogP contribution is -2.39. The quantitative estimate of drug-likeness (QED) is 0.182. The monoisotopic (exact) mass is 580 g/mol. The number of rotatable bonds is 10. The van der Waals surface area contributed by atoms with Gasteiger partial charge in [0.25, 0.3) is 0 Å². The summed E-state index contributed by atoms with van der Waals surface area (Å²) >= 11 is 0. The average Bonchev–Trinajstić information content (AvgIpc) is 3.40. The number of hydrogen-bond acceptors (Lipinski definition) is 10. The van der Waals surface area contributed by atoms with Gasteiger partial charge in [0.2, 0.25) is 5.95 Å². The number of nitrogens with zero attached hydrogens (tertiary/aromatic N) is 7. The lowest BCUT2D eigenvalue weighted by Gasteiger charge is -2.26. The lowest BCUT2D eigenvalue weighted by molar-refractivity contribution is -0.137. The number of morpholine rings is 1. The molecule has 0 spiro atoms. The molecule has 42 heavy (non-hydrogen) atoms. The summed E-state index contributed by atoms with van der Waals surface area (Å²) in [7, 11) is 0. The van der Waals surface area contributed by atoms with E-state index in [9.17, 15) is 13.2 Å². The molecule has 0 aliphatic carbocycles. The van der Waals surface area contributed by atoms with Crippen molar-refractivity contribution >= 4 is 29.4 Å². The number of hydrogen-bond donors (Lipinski definition) is 3. The highest BCUT2D eigenvalue weighted by Crippen LogP contribution is 2.33. The normalized spacial score (nSPS) is 14.3. The Morgan fingerprint density at radius 1 is 1.00 bits per heavy atom. The summed E-state index contributed by atoms with van der Waals surface area (Å²) < 4.78 is 47.6. The second-order valence-corrected chi connectivity index (χ2v) is 9.75. The number of halogens is 3. The highest BCUT2D eigenvalue weighted by Gasteiger charge is 2.31. The summed E-state index contributed by atoms with van der Waals surface area (Å²) in [6.07, 6.45) is 1.65. The van der Waals surface area contributed by atoms with E-state index >= 15 is 0 Å². The minimum atomic E-state index is -4.51. The van der Waals surface area contributed by atoms with Gasteiger partial charge in [-0.1, -0.05) is 0 Å². The maximum atomic E-state index is 13.6. The van der Waals surface area contributed by atoms with Crippen molar-refractivity contribution in [2.24, 2.45) is 5.10 Å². The van der Waals surface area contributed by atoms with Gasteiger partial charge in [-0.2, -0.15) is 23.3 Å². The molecule has 11 nitrogen and oxygen atoms in total. The molecule has 1 saturated heterocycles. The Morgan fingerprint density at radius 2 is 1.83 bits per heavy atom. The molecule has 0 unspecified atom stereocenters. The Hall–Kier alpha value is -4.56. The molecule has 3 N–H and O–H groups in total. The van der Waals surface area contributed by atoms with Crippen LogP contribution in [0, 0.1) is 13.8 Å². The SMILES string of the molecule is Cc1cn(-c2cc(Nc3ccc(/C=N/Nc4nc(C)cc(NCCN5CCOCC5)n4)nc3)cc(C(F)(F)F)c2)cn1. The molecule has 1 aliphatic heterocycles. The zero-order chi connectivity index (χ0) is 29.5. The van der Waals surface area contributed by atoms with Crippen molar-refractivity contribution in [3.63, 3.8) is 0 Å². The minimum absolute atomic E-state index is 0.266. The van der Waals surface area contributed by atoms with E-state index in [4.69, 9.17) is 4.74 Å². The molecule has 0 radical (unpaired) electrons. The molecule has 3 aromatic heterocycles. The van der Waals surface area contributed by atoms with Gasteiger partial charge in [0.15, 0.2) is 0 Å². The summed E-state index contributed by atoms with van der Waals surface area (Å²) in [5.74, 6) is 1.04. The van der Waals surface area contributed by atoms with Gasteiger partial charge >= 0.3 is 6.18 Å². The van der Waals surface area contributed by atoms with Crippen LogP contribution >= 0.6 is 0 Å². The first-order valence-corrected chi connectivity index (χ1v) is 13.4. The molecule has 0 saturated carbocycles. The molecule has 5 rings (SSSR count). The third-order valence-electron chi connectivity index (χ3n) is 6.38. The Bertz CT molecular complexity index is 1520. The van der Waals surface area contributed by atoms with Gasteiger partial charge in [0.05, 0.1) is 54.6 Å². The number of alkyl halides is 3. The predicted molar refractivity (Wildman–Crippen MR) is 155 cm³/mol. The highest BCUT2D eigenvalue weighted by molar-refractivity contribution is 5.78. The summed E-state index contributed by atoms with van der Waals surface area (Å²) in [5.41, 5.74) is 5.18. The number of anilines is 4. The van der Waals surface area contributed by atoms with E-state index in [2.05, 4.69) is 46.0 Å². The Labute approximate surface area is 240 Å². The van der Waals surface area contributed by atoms with Gasteiger partial charge in [-0.15, -0.1) is 0 Å². The fraction of sp³-hybridized carbons (Fsp3) is 0.321. The van der Waals surface area contributed by atoms with Crippen molar-refractivity contribution in [2.45, 2.75) is 20.0 Å². The van der Waals surface area contributed by atoms with Crippen LogP contribution < -0.4 is 16.1 Å². The molecule has 220 valence electrons. The Morgan fingerprint density at radius 3 is 2.55 bits per heavy atom. The van der Waals surface area contributed by atoms with Gasteiger partial charge < -0.3 is 19.9 Å². The van der Waals surface area contributed by atoms with E-state index in [0.717, 1.165) is 57.2 Å². The number of hydrazone groups is 1. The zero-order valence-electron chi connectivity index (χ0n) is 23.2. The highest BCUT2D eigenvalue weighted by atomic mass is 19.4. The molecule has 1 fully saturated rings. The van der Waals surface area contributed by atoms with Crippen molar-refractivity contribution in [2.75, 3.05) is 55.5 Å². The van der Waals surface area contributed by atoms with Crippen molar-refractivity contribution < 1.29 is 17.9 Å². The maximum Gasteiger partial charge on any atom is 0.416 e. The fourth-order valence-corrected chi connectivity index (χ4v) is 4.31. The molecular weight excluding hydrogens is 549 g/mol. The van der Waals surface area contributed by atoms with Crippen LogP contribution in [-0.4, -0.2) is 75.0 Å². The van der Waals surface area contributed by atoms with Gasteiger partial charge in [0, 0.05) is 55.5 Å². The zero-order valence-corrected chi connectivity index (χ0v) is 23.2. The molecule has 0 amide bonds. The van der Waals surface area contributed by atoms with Crippen LogP contribution in [0.4, 0.5) is 36.3 Å². The number of pyridine rings is 1. The van der Waals surface area contributed by atoms with Crippen LogP contribution in [0.25, 0.3) is 5.69 Å². The first kappa shape index (κ1) is 29.0. The summed E-state index contributed by atoms with van der Waals surface area (Å²) in [4.78, 5) is 19.6. The predicted octanol–water partition coefficient (Wildman–Crippen LogP) is 4.63. The van der Waals surface area contributed by atoms with Gasteiger partial charge in [0.1, 0.15) is 5.82 Å². The first-order chi connectivity index (χ1) is 20.2. The fourth-order valence-electron chi connectivity index (χ4n) is 4.31. The summed E-state index contributed by atoms with van der Waals surface area (Å²) in [5, 5.41) is 10.5. The Balaban J connectivity index is 1.19. The Kier molecular flexibility index (Phi) is 8.93.